The van der Waals surface area contributed by atoms with Gasteiger partial charge in [0.1, 0.15) is 0 Å². The van der Waals surface area contributed by atoms with Gasteiger partial charge in [-0.2, -0.15) is 0 Å². The van der Waals surface area contributed by atoms with Crippen LogP contribution >= 0.6 is 0 Å². The molecule has 0 atom stereocenters. The van der Waals surface area contributed by atoms with Crippen LogP contribution in [0.25, 0.3) is 10.9 Å². The molecule has 0 unspecified atom stereocenters. The molecule has 5 N–H and O–H groups in total. The number of aromatic nitrogens is 1. The van der Waals surface area contributed by atoms with E-state index in [4.69, 9.17) is 11.5 Å². The molecule has 0 spiro atoms. The van der Waals surface area contributed by atoms with Crippen molar-refractivity contribution in [2.45, 2.75) is 19.3 Å². The van der Waals surface area contributed by atoms with E-state index in [-0.39, 0.29) is 5.91 Å². The van der Waals surface area contributed by atoms with Gasteiger partial charge in [-0.3, -0.25) is 9.78 Å². The Morgan fingerprint density at radius 2 is 2.20 bits per heavy atom. The molecule has 0 aliphatic heterocycles. The number of hydrogen-bond donors (Lipinski definition) is 3. The number of rotatable bonds is 6. The maximum absolute atomic E-state index is 14.0. The van der Waals surface area contributed by atoms with Crippen molar-refractivity contribution in [2.75, 3.05) is 17.6 Å². The quantitative estimate of drug-likeness (QED) is 0.555. The molecule has 1 aromatic carbocycles. The number of primary amides is 1. The van der Waals surface area contributed by atoms with E-state index in [1.165, 1.54) is 6.07 Å². The number of hydrogen-bond acceptors (Lipinski definition) is 4. The lowest BCUT2D eigenvalue weighted by Crippen LogP contribution is -2.11. The van der Waals surface area contributed by atoms with Crippen LogP contribution in [-0.4, -0.2) is 17.4 Å². The summed E-state index contributed by atoms with van der Waals surface area (Å²) in [6, 6.07) is 4.85. The minimum atomic E-state index is -0.427. The molecule has 2 aromatic rings. The predicted molar refractivity (Wildman–Crippen MR) is 77.6 cm³/mol. The highest BCUT2D eigenvalue weighted by atomic mass is 19.1. The van der Waals surface area contributed by atoms with Crippen molar-refractivity contribution >= 4 is 28.2 Å². The standard InChI is InChI=1S/C14H17FN4O/c15-10-8-11(16)9-4-3-7-18-13(9)14(10)19-6-2-1-5-12(17)20/h3-4,7-8,19H,1-2,5-6,16H2,(H2,17,20). The molecule has 0 fully saturated rings. The number of nitrogens with one attached hydrogen (secondary N) is 1. The molecule has 2 rings (SSSR count). The number of pyridine rings is 1. The van der Waals surface area contributed by atoms with Gasteiger partial charge in [0.15, 0.2) is 5.82 Å². The van der Waals surface area contributed by atoms with Crippen LogP contribution in [0.4, 0.5) is 15.8 Å². The lowest BCUT2D eigenvalue weighted by molar-refractivity contribution is -0.118. The zero-order valence-corrected chi connectivity index (χ0v) is 11.0. The fourth-order valence-electron chi connectivity index (χ4n) is 2.04. The van der Waals surface area contributed by atoms with Gasteiger partial charge in [0, 0.05) is 30.2 Å². The summed E-state index contributed by atoms with van der Waals surface area (Å²) in [7, 11) is 0. The first kappa shape index (κ1) is 14.0. The Morgan fingerprint density at radius 3 is 2.95 bits per heavy atom. The van der Waals surface area contributed by atoms with Crippen LogP contribution in [0.2, 0.25) is 0 Å². The maximum Gasteiger partial charge on any atom is 0.217 e. The first-order chi connectivity index (χ1) is 9.59. The van der Waals surface area contributed by atoms with Crippen LogP contribution in [0.15, 0.2) is 24.4 Å². The largest absolute Gasteiger partial charge is 0.398 e. The number of anilines is 2. The van der Waals surface area contributed by atoms with Crippen LogP contribution in [0.5, 0.6) is 0 Å². The van der Waals surface area contributed by atoms with E-state index in [1.807, 2.05) is 0 Å². The van der Waals surface area contributed by atoms with Crippen molar-refractivity contribution in [3.05, 3.63) is 30.2 Å². The molecule has 1 heterocycles. The van der Waals surface area contributed by atoms with E-state index in [0.717, 1.165) is 6.42 Å². The average molecular weight is 276 g/mol. The van der Waals surface area contributed by atoms with Crippen LogP contribution in [0.3, 0.4) is 0 Å². The summed E-state index contributed by atoms with van der Waals surface area (Å²) >= 11 is 0. The molecule has 6 heteroatoms. The molecule has 0 aliphatic carbocycles. The lowest BCUT2D eigenvalue weighted by atomic mass is 10.1. The Labute approximate surface area is 116 Å². The molecule has 0 aliphatic rings. The smallest absolute Gasteiger partial charge is 0.217 e. The molecule has 0 bridgehead atoms. The number of benzene rings is 1. The van der Waals surface area contributed by atoms with Gasteiger partial charge in [0.25, 0.3) is 0 Å². The van der Waals surface area contributed by atoms with Gasteiger partial charge in [-0.05, 0) is 31.0 Å². The first-order valence-electron chi connectivity index (χ1n) is 6.44. The minimum Gasteiger partial charge on any atom is -0.398 e. The van der Waals surface area contributed by atoms with Crippen molar-refractivity contribution in [3.8, 4) is 0 Å². The van der Waals surface area contributed by atoms with Crippen LogP contribution in [0.1, 0.15) is 19.3 Å². The molecular weight excluding hydrogens is 259 g/mol. The normalized spacial score (nSPS) is 10.7. The zero-order valence-electron chi connectivity index (χ0n) is 11.0. The number of unbranched alkanes of at least 4 members (excludes halogenated alkanes) is 1. The van der Waals surface area contributed by atoms with Crippen molar-refractivity contribution in [2.24, 2.45) is 5.73 Å². The van der Waals surface area contributed by atoms with Crippen molar-refractivity contribution in [1.82, 2.24) is 4.98 Å². The first-order valence-corrected chi connectivity index (χ1v) is 6.44. The van der Waals surface area contributed by atoms with Gasteiger partial charge in [0.2, 0.25) is 5.91 Å². The molecular formula is C14H17FN4O. The maximum atomic E-state index is 14.0. The topological polar surface area (TPSA) is 94.0 Å². The second-order valence-electron chi connectivity index (χ2n) is 4.57. The van der Waals surface area contributed by atoms with Crippen molar-refractivity contribution in [3.63, 3.8) is 0 Å². The van der Waals surface area contributed by atoms with Crippen LogP contribution < -0.4 is 16.8 Å². The molecule has 1 aromatic heterocycles. The Morgan fingerprint density at radius 1 is 1.40 bits per heavy atom. The Kier molecular flexibility index (Phi) is 4.34. The lowest BCUT2D eigenvalue weighted by Gasteiger charge is -2.11. The number of carbonyl (C=O) groups excluding carboxylic acids is 1. The fraction of sp³-hybridized carbons (Fsp3) is 0.286. The second-order valence-corrected chi connectivity index (χ2v) is 4.57. The highest BCUT2D eigenvalue weighted by Gasteiger charge is 2.11. The fourth-order valence-corrected chi connectivity index (χ4v) is 2.04. The molecule has 106 valence electrons. The zero-order chi connectivity index (χ0) is 14.5. The predicted octanol–water partition coefficient (Wildman–Crippen LogP) is 2.02. The van der Waals surface area contributed by atoms with Gasteiger partial charge >= 0.3 is 0 Å². The highest BCUT2D eigenvalue weighted by Crippen LogP contribution is 2.29. The summed E-state index contributed by atoms with van der Waals surface area (Å²) in [6.45, 7) is 0.541. The summed E-state index contributed by atoms with van der Waals surface area (Å²) < 4.78 is 14.0. The van der Waals surface area contributed by atoms with E-state index >= 15 is 0 Å². The van der Waals surface area contributed by atoms with E-state index < -0.39 is 5.82 Å². The van der Waals surface area contributed by atoms with E-state index in [0.29, 0.717) is 41.7 Å². The highest BCUT2D eigenvalue weighted by molar-refractivity contribution is 5.98. The van der Waals surface area contributed by atoms with Crippen molar-refractivity contribution < 1.29 is 9.18 Å². The number of amides is 1. The summed E-state index contributed by atoms with van der Waals surface area (Å²) in [4.78, 5) is 14.8. The Balaban J connectivity index is 2.11. The van der Waals surface area contributed by atoms with Gasteiger partial charge in [0.05, 0.1) is 11.2 Å². The summed E-state index contributed by atoms with van der Waals surface area (Å²) in [5, 5.41) is 3.73. The van der Waals surface area contributed by atoms with Crippen LogP contribution in [0, 0.1) is 5.82 Å². The van der Waals surface area contributed by atoms with Gasteiger partial charge in [-0.1, -0.05) is 0 Å². The number of nitrogens with two attached hydrogens (primary N) is 2. The number of nitrogens with zero attached hydrogens (tertiary/aromatic N) is 1. The summed E-state index contributed by atoms with van der Waals surface area (Å²) in [5.74, 6) is -0.751. The van der Waals surface area contributed by atoms with E-state index in [9.17, 15) is 9.18 Å². The van der Waals surface area contributed by atoms with E-state index in [1.54, 1.807) is 18.3 Å². The third kappa shape index (κ3) is 3.14. The minimum absolute atomic E-state index is 0.323. The van der Waals surface area contributed by atoms with Crippen LogP contribution in [-0.2, 0) is 4.79 Å². The summed E-state index contributed by atoms with van der Waals surface area (Å²) in [5.41, 5.74) is 12.1. The number of nitrogen functional groups attached to an aromatic ring is 1. The van der Waals surface area contributed by atoms with Gasteiger partial charge in [-0.15, -0.1) is 0 Å². The number of carbonyl (C=O) groups is 1. The molecule has 20 heavy (non-hydrogen) atoms. The Hall–Kier alpha value is -2.37. The Bertz CT molecular complexity index is 630. The third-order valence-electron chi connectivity index (χ3n) is 3.03. The number of halogens is 1. The monoisotopic (exact) mass is 276 g/mol. The summed E-state index contributed by atoms with van der Waals surface area (Å²) in [6.07, 6.45) is 3.33. The van der Waals surface area contributed by atoms with Crippen molar-refractivity contribution in [1.29, 1.82) is 0 Å². The molecule has 0 saturated heterocycles. The third-order valence-corrected chi connectivity index (χ3v) is 3.03. The second kappa shape index (κ2) is 6.18. The SMILES string of the molecule is NC(=O)CCCCNc1c(F)cc(N)c2cccnc12. The van der Waals surface area contributed by atoms with E-state index in [2.05, 4.69) is 10.3 Å². The molecule has 1 amide bonds. The average Bonchev–Trinajstić information content (AvgIpc) is 2.41. The molecule has 0 radical (unpaired) electrons. The number of fused-ring (bicyclic) bond motifs is 1. The van der Waals surface area contributed by atoms with Gasteiger partial charge < -0.3 is 16.8 Å². The van der Waals surface area contributed by atoms with Gasteiger partial charge in [-0.25, -0.2) is 4.39 Å². The molecule has 5 nitrogen and oxygen atoms in total. The molecule has 0 saturated carbocycles.